The third-order valence-corrected chi connectivity index (χ3v) is 5.17. The van der Waals surface area contributed by atoms with E-state index in [1.165, 1.54) is 19.3 Å². The molecule has 0 unspecified atom stereocenters. The Morgan fingerprint density at radius 3 is 2.18 bits per heavy atom. The quantitative estimate of drug-likeness (QED) is 0.257. The highest BCUT2D eigenvalue weighted by Crippen LogP contribution is 2.17. The lowest BCUT2D eigenvalue weighted by molar-refractivity contribution is 0.0977. The zero-order valence-corrected chi connectivity index (χ0v) is 19.7. The fourth-order valence-electron chi connectivity index (χ4n) is 3.13. The number of carbonyl (C=O) groups excluding carboxylic acids is 1. The normalized spacial score (nSPS) is 10.3. The Morgan fingerprint density at radius 2 is 1.48 bits per heavy atom. The molecule has 0 radical (unpaired) electrons. The molecule has 5 nitrogen and oxygen atoms in total. The van der Waals surface area contributed by atoms with E-state index in [4.69, 9.17) is 21.7 Å². The molecule has 6 heteroatoms. The van der Waals surface area contributed by atoms with Crippen LogP contribution in [0.5, 0.6) is 11.5 Å². The van der Waals surface area contributed by atoms with E-state index in [0.717, 1.165) is 29.2 Å². The molecule has 172 valence electrons. The molecule has 0 aromatic heterocycles. The third kappa shape index (κ3) is 8.58. The standard InChI is InChI=1S/C27H30N2O3S/c1-2-3-4-8-19-31-24-15-11-22(12-16-24)26(30)29-27(33)28-23-13-17-25(18-14-23)32-20-21-9-6-5-7-10-21/h5-7,9-18H,2-4,8,19-20H2,1H3,(H2,28,29,30,33). The van der Waals surface area contributed by atoms with Gasteiger partial charge in [-0.1, -0.05) is 56.5 Å². The predicted octanol–water partition coefficient (Wildman–Crippen LogP) is 6.35. The molecular formula is C27H30N2O3S. The monoisotopic (exact) mass is 462 g/mol. The average molecular weight is 463 g/mol. The van der Waals surface area contributed by atoms with Gasteiger partial charge in [-0.3, -0.25) is 10.1 Å². The summed E-state index contributed by atoms with van der Waals surface area (Å²) in [7, 11) is 0. The molecule has 0 aliphatic carbocycles. The van der Waals surface area contributed by atoms with Crippen molar-refractivity contribution in [3.05, 3.63) is 90.0 Å². The van der Waals surface area contributed by atoms with Gasteiger partial charge in [0.15, 0.2) is 5.11 Å². The molecule has 0 bridgehead atoms. The van der Waals surface area contributed by atoms with Crippen molar-refractivity contribution in [3.63, 3.8) is 0 Å². The first-order chi connectivity index (χ1) is 16.1. The van der Waals surface area contributed by atoms with Crippen LogP contribution in [0.1, 0.15) is 48.5 Å². The van der Waals surface area contributed by atoms with Crippen LogP contribution in [0.3, 0.4) is 0 Å². The predicted molar refractivity (Wildman–Crippen MR) is 137 cm³/mol. The highest BCUT2D eigenvalue weighted by molar-refractivity contribution is 7.80. The summed E-state index contributed by atoms with van der Waals surface area (Å²) in [6, 6.07) is 24.5. The number of unbranched alkanes of at least 4 members (excludes halogenated alkanes) is 3. The summed E-state index contributed by atoms with van der Waals surface area (Å²) in [5.41, 5.74) is 2.39. The van der Waals surface area contributed by atoms with Crippen LogP contribution in [-0.4, -0.2) is 17.6 Å². The molecule has 3 aromatic carbocycles. The Balaban J connectivity index is 1.41. The van der Waals surface area contributed by atoms with Crippen LogP contribution in [-0.2, 0) is 6.61 Å². The van der Waals surface area contributed by atoms with Crippen molar-refractivity contribution < 1.29 is 14.3 Å². The minimum atomic E-state index is -0.273. The van der Waals surface area contributed by atoms with E-state index in [1.807, 2.05) is 54.6 Å². The van der Waals surface area contributed by atoms with Crippen LogP contribution in [0.4, 0.5) is 5.69 Å². The zero-order valence-electron chi connectivity index (χ0n) is 18.9. The number of hydrogen-bond acceptors (Lipinski definition) is 4. The molecule has 0 saturated heterocycles. The van der Waals surface area contributed by atoms with Gasteiger partial charge in [0.1, 0.15) is 18.1 Å². The topological polar surface area (TPSA) is 59.6 Å². The van der Waals surface area contributed by atoms with Crippen molar-refractivity contribution in [2.45, 2.75) is 39.2 Å². The maximum Gasteiger partial charge on any atom is 0.257 e. The average Bonchev–Trinajstić information content (AvgIpc) is 2.84. The largest absolute Gasteiger partial charge is 0.494 e. The number of anilines is 1. The molecule has 0 atom stereocenters. The number of amides is 1. The summed E-state index contributed by atoms with van der Waals surface area (Å²) in [5.74, 6) is 1.25. The van der Waals surface area contributed by atoms with E-state index in [2.05, 4.69) is 17.6 Å². The maximum atomic E-state index is 12.5. The first kappa shape index (κ1) is 24.3. The Morgan fingerprint density at radius 1 is 0.818 bits per heavy atom. The van der Waals surface area contributed by atoms with Gasteiger partial charge < -0.3 is 14.8 Å². The van der Waals surface area contributed by atoms with Crippen molar-refractivity contribution in [3.8, 4) is 11.5 Å². The molecule has 33 heavy (non-hydrogen) atoms. The minimum absolute atomic E-state index is 0.231. The van der Waals surface area contributed by atoms with Gasteiger partial charge in [-0.15, -0.1) is 0 Å². The number of ether oxygens (including phenoxy) is 2. The minimum Gasteiger partial charge on any atom is -0.494 e. The summed E-state index contributed by atoms with van der Waals surface area (Å²) >= 11 is 5.28. The van der Waals surface area contributed by atoms with Gasteiger partial charge >= 0.3 is 0 Å². The molecule has 1 amide bonds. The SMILES string of the molecule is CCCCCCOc1ccc(C(=O)NC(=S)Nc2ccc(OCc3ccccc3)cc2)cc1. The van der Waals surface area contributed by atoms with E-state index in [1.54, 1.807) is 24.3 Å². The van der Waals surface area contributed by atoms with Gasteiger partial charge in [-0.05, 0) is 72.7 Å². The number of carbonyl (C=O) groups is 1. The van der Waals surface area contributed by atoms with Crippen LogP contribution in [0.15, 0.2) is 78.9 Å². The van der Waals surface area contributed by atoms with Crippen molar-refractivity contribution in [2.75, 3.05) is 11.9 Å². The van der Waals surface area contributed by atoms with Gasteiger partial charge in [-0.2, -0.15) is 0 Å². The number of rotatable bonds is 11. The van der Waals surface area contributed by atoms with Crippen LogP contribution in [0.25, 0.3) is 0 Å². The smallest absolute Gasteiger partial charge is 0.257 e. The van der Waals surface area contributed by atoms with Crippen molar-refractivity contribution in [1.29, 1.82) is 0 Å². The molecule has 3 aromatic rings. The molecular weight excluding hydrogens is 432 g/mol. The zero-order chi connectivity index (χ0) is 23.3. The molecule has 0 saturated carbocycles. The van der Waals surface area contributed by atoms with Crippen LogP contribution in [0.2, 0.25) is 0 Å². The summed E-state index contributed by atoms with van der Waals surface area (Å²) in [5, 5.41) is 5.95. The molecule has 3 rings (SSSR count). The number of nitrogens with one attached hydrogen (secondary N) is 2. The molecule has 0 fully saturated rings. The Hall–Kier alpha value is -3.38. The summed E-state index contributed by atoms with van der Waals surface area (Å²) < 4.78 is 11.5. The second-order valence-electron chi connectivity index (χ2n) is 7.64. The lowest BCUT2D eigenvalue weighted by Crippen LogP contribution is -2.34. The third-order valence-electron chi connectivity index (χ3n) is 4.97. The van der Waals surface area contributed by atoms with Gasteiger partial charge in [0.25, 0.3) is 5.91 Å². The van der Waals surface area contributed by atoms with Crippen molar-refractivity contribution >= 4 is 28.9 Å². The highest BCUT2D eigenvalue weighted by atomic mass is 32.1. The molecule has 0 aliphatic rings. The second-order valence-corrected chi connectivity index (χ2v) is 8.05. The first-order valence-corrected chi connectivity index (χ1v) is 11.7. The van der Waals surface area contributed by atoms with Crippen molar-refractivity contribution in [2.24, 2.45) is 0 Å². The first-order valence-electron chi connectivity index (χ1n) is 11.3. The van der Waals surface area contributed by atoms with Gasteiger partial charge in [-0.25, -0.2) is 0 Å². The van der Waals surface area contributed by atoms with E-state index in [0.29, 0.717) is 18.8 Å². The fourth-order valence-corrected chi connectivity index (χ4v) is 3.34. The van der Waals surface area contributed by atoms with Gasteiger partial charge in [0, 0.05) is 11.3 Å². The lowest BCUT2D eigenvalue weighted by Gasteiger charge is -2.11. The summed E-state index contributed by atoms with van der Waals surface area (Å²) in [4.78, 5) is 12.5. The van der Waals surface area contributed by atoms with Crippen molar-refractivity contribution in [1.82, 2.24) is 5.32 Å². The summed E-state index contributed by atoms with van der Waals surface area (Å²) in [6.45, 7) is 3.38. The number of benzene rings is 3. The van der Waals surface area contributed by atoms with E-state index >= 15 is 0 Å². The number of thiocarbonyl (C=S) groups is 1. The van der Waals surface area contributed by atoms with E-state index in [9.17, 15) is 4.79 Å². The molecule has 0 aliphatic heterocycles. The Labute approximate surface area is 201 Å². The molecule has 0 spiro atoms. The van der Waals surface area contributed by atoms with Gasteiger partial charge in [0.2, 0.25) is 0 Å². The Kier molecular flexibility index (Phi) is 9.73. The lowest BCUT2D eigenvalue weighted by atomic mass is 10.2. The van der Waals surface area contributed by atoms with Crippen LogP contribution < -0.4 is 20.1 Å². The second kappa shape index (κ2) is 13.2. The maximum absolute atomic E-state index is 12.5. The molecule has 0 heterocycles. The summed E-state index contributed by atoms with van der Waals surface area (Å²) in [6.07, 6.45) is 4.64. The highest BCUT2D eigenvalue weighted by Gasteiger charge is 2.08. The van der Waals surface area contributed by atoms with E-state index in [-0.39, 0.29) is 11.0 Å². The van der Waals surface area contributed by atoms with Gasteiger partial charge in [0.05, 0.1) is 6.61 Å². The van der Waals surface area contributed by atoms with E-state index < -0.39 is 0 Å². The molecule has 2 N–H and O–H groups in total. The Bertz CT molecular complexity index is 1010. The van der Waals surface area contributed by atoms with Crippen LogP contribution >= 0.6 is 12.2 Å². The number of hydrogen-bond donors (Lipinski definition) is 2. The fraction of sp³-hybridized carbons (Fsp3) is 0.259. The van der Waals surface area contributed by atoms with Crippen LogP contribution in [0, 0.1) is 0 Å².